The molecule has 0 spiro atoms. The lowest BCUT2D eigenvalue weighted by Crippen LogP contribution is -3.15. The molecule has 1 amide bonds. The van der Waals surface area contributed by atoms with E-state index in [2.05, 4.69) is 10.3 Å². The summed E-state index contributed by atoms with van der Waals surface area (Å²) in [4.78, 5) is 18.2. The molecule has 0 saturated carbocycles. The van der Waals surface area contributed by atoms with Gasteiger partial charge in [-0.05, 0) is 24.3 Å². The molecule has 4 rings (SSSR count). The molecule has 7 heteroatoms. The van der Waals surface area contributed by atoms with Crippen LogP contribution in [0.4, 0.5) is 10.1 Å². The molecule has 1 aliphatic heterocycles. The van der Waals surface area contributed by atoms with Crippen LogP contribution in [-0.4, -0.2) is 43.7 Å². The summed E-state index contributed by atoms with van der Waals surface area (Å²) in [5, 5.41) is 5.71. The molecule has 2 heterocycles. The Bertz CT molecular complexity index is 970. The summed E-state index contributed by atoms with van der Waals surface area (Å²) >= 11 is 1.50. The van der Waals surface area contributed by atoms with Crippen LogP contribution in [0, 0.1) is 5.82 Å². The number of carbonyl (C=O) groups is 1. The van der Waals surface area contributed by atoms with Crippen molar-refractivity contribution in [1.82, 2.24) is 4.98 Å². The van der Waals surface area contributed by atoms with E-state index < -0.39 is 0 Å². The van der Waals surface area contributed by atoms with Gasteiger partial charge in [-0.3, -0.25) is 4.79 Å². The second kappa shape index (κ2) is 8.60. The number of halogens is 1. The van der Waals surface area contributed by atoms with Gasteiger partial charge in [0.2, 0.25) is 0 Å². The second-order valence-corrected chi connectivity index (χ2v) is 7.57. The summed E-state index contributed by atoms with van der Waals surface area (Å²) in [6.07, 6.45) is 0. The molecule has 2 aromatic carbocycles. The fraction of sp³-hybridized carbons (Fsp3) is 0.238. The van der Waals surface area contributed by atoms with Crippen molar-refractivity contribution < 1.29 is 18.8 Å². The zero-order valence-corrected chi connectivity index (χ0v) is 16.1. The van der Waals surface area contributed by atoms with Crippen LogP contribution in [0.1, 0.15) is 0 Å². The van der Waals surface area contributed by atoms with Gasteiger partial charge in [0.25, 0.3) is 5.91 Å². The first kappa shape index (κ1) is 18.7. The lowest BCUT2D eigenvalue weighted by Gasteiger charge is -2.23. The number of benzene rings is 2. The lowest BCUT2D eigenvalue weighted by atomic mass is 10.1. The van der Waals surface area contributed by atoms with Crippen LogP contribution in [0.2, 0.25) is 0 Å². The SMILES string of the molecule is O=C(C[NH+]1CCOCC1)Nc1cccc(-c2nc(-c3cccc(F)c3)cs2)c1. The van der Waals surface area contributed by atoms with Gasteiger partial charge in [0.1, 0.15) is 23.9 Å². The lowest BCUT2D eigenvalue weighted by molar-refractivity contribution is -0.899. The monoisotopic (exact) mass is 398 g/mol. The Kier molecular flexibility index (Phi) is 5.76. The standard InChI is InChI=1S/C21H20FN3O2S/c22-17-5-1-3-15(11-17)19-14-28-21(24-19)16-4-2-6-18(12-16)23-20(26)13-25-7-9-27-10-8-25/h1-6,11-12,14H,7-10,13H2,(H,23,26)/p+1. The second-order valence-electron chi connectivity index (χ2n) is 6.72. The third kappa shape index (κ3) is 4.62. The van der Waals surface area contributed by atoms with E-state index in [1.54, 1.807) is 6.07 Å². The van der Waals surface area contributed by atoms with Gasteiger partial charge in [0.15, 0.2) is 6.54 Å². The molecular formula is C21H21FN3O2S+. The quantitative estimate of drug-likeness (QED) is 0.694. The van der Waals surface area contributed by atoms with Gasteiger partial charge >= 0.3 is 0 Å². The number of rotatable bonds is 5. The van der Waals surface area contributed by atoms with Crippen molar-refractivity contribution in [2.45, 2.75) is 0 Å². The van der Waals surface area contributed by atoms with Crippen LogP contribution in [-0.2, 0) is 9.53 Å². The summed E-state index contributed by atoms with van der Waals surface area (Å²) in [6, 6.07) is 14.1. The molecule has 3 aromatic rings. The third-order valence-electron chi connectivity index (χ3n) is 4.63. The Hall–Kier alpha value is -2.61. The Morgan fingerprint density at radius 2 is 1.93 bits per heavy atom. The number of nitrogens with one attached hydrogen (secondary N) is 2. The van der Waals surface area contributed by atoms with Gasteiger partial charge in [0.05, 0.1) is 18.9 Å². The topological polar surface area (TPSA) is 55.7 Å². The zero-order chi connectivity index (χ0) is 19.3. The zero-order valence-electron chi connectivity index (χ0n) is 15.3. The molecule has 1 aliphatic rings. The number of hydrogen-bond acceptors (Lipinski definition) is 4. The maximum atomic E-state index is 13.5. The Morgan fingerprint density at radius 3 is 2.75 bits per heavy atom. The van der Waals surface area contributed by atoms with E-state index in [9.17, 15) is 9.18 Å². The first-order chi connectivity index (χ1) is 13.7. The first-order valence-electron chi connectivity index (χ1n) is 9.20. The summed E-state index contributed by atoms with van der Waals surface area (Å²) in [5.41, 5.74) is 3.16. The van der Waals surface area contributed by atoms with Crippen LogP contribution in [0.3, 0.4) is 0 Å². The number of thiazole rings is 1. The largest absolute Gasteiger partial charge is 0.370 e. The summed E-state index contributed by atoms with van der Waals surface area (Å²) in [5.74, 6) is -0.284. The number of nitrogens with zero attached hydrogens (tertiary/aromatic N) is 1. The van der Waals surface area contributed by atoms with E-state index >= 15 is 0 Å². The number of hydrogen-bond donors (Lipinski definition) is 2. The van der Waals surface area contributed by atoms with Gasteiger partial charge in [-0.1, -0.05) is 24.3 Å². The van der Waals surface area contributed by atoms with E-state index in [-0.39, 0.29) is 11.7 Å². The first-order valence-corrected chi connectivity index (χ1v) is 10.1. The summed E-state index contributed by atoms with van der Waals surface area (Å²) < 4.78 is 18.8. The van der Waals surface area contributed by atoms with E-state index in [1.807, 2.05) is 35.7 Å². The number of amides is 1. The van der Waals surface area contributed by atoms with Crippen molar-refractivity contribution >= 4 is 22.9 Å². The van der Waals surface area contributed by atoms with Crippen molar-refractivity contribution in [3.63, 3.8) is 0 Å². The van der Waals surface area contributed by atoms with Gasteiger partial charge in [-0.15, -0.1) is 11.3 Å². The van der Waals surface area contributed by atoms with Gasteiger partial charge in [0, 0.05) is 22.2 Å². The van der Waals surface area contributed by atoms with Gasteiger partial charge in [-0.2, -0.15) is 0 Å². The average Bonchev–Trinajstić information content (AvgIpc) is 3.19. The highest BCUT2D eigenvalue weighted by atomic mass is 32.1. The van der Waals surface area contributed by atoms with Crippen LogP contribution in [0.25, 0.3) is 21.8 Å². The number of anilines is 1. The Balaban J connectivity index is 1.46. The summed E-state index contributed by atoms with van der Waals surface area (Å²) in [7, 11) is 0. The fourth-order valence-corrected chi connectivity index (χ4v) is 4.01. The summed E-state index contributed by atoms with van der Waals surface area (Å²) in [6.45, 7) is 3.56. The van der Waals surface area contributed by atoms with Gasteiger partial charge < -0.3 is 15.0 Å². The van der Waals surface area contributed by atoms with Crippen LogP contribution < -0.4 is 10.2 Å². The number of aromatic nitrogens is 1. The van der Waals surface area contributed by atoms with Crippen molar-refractivity contribution in [2.24, 2.45) is 0 Å². The predicted molar refractivity (Wildman–Crippen MR) is 108 cm³/mol. The van der Waals surface area contributed by atoms with E-state index in [1.165, 1.54) is 28.4 Å². The Morgan fingerprint density at radius 1 is 1.14 bits per heavy atom. The molecule has 1 saturated heterocycles. The van der Waals surface area contributed by atoms with Crippen molar-refractivity contribution in [1.29, 1.82) is 0 Å². The van der Waals surface area contributed by atoms with E-state index in [0.29, 0.717) is 19.8 Å². The minimum Gasteiger partial charge on any atom is -0.370 e. The van der Waals surface area contributed by atoms with Crippen molar-refractivity contribution in [3.8, 4) is 21.8 Å². The maximum Gasteiger partial charge on any atom is 0.279 e. The smallest absolute Gasteiger partial charge is 0.279 e. The normalized spacial score (nSPS) is 14.8. The predicted octanol–water partition coefficient (Wildman–Crippen LogP) is 2.47. The number of morpholine rings is 1. The minimum atomic E-state index is -0.279. The van der Waals surface area contributed by atoms with E-state index in [0.717, 1.165) is 40.6 Å². The molecule has 144 valence electrons. The highest BCUT2D eigenvalue weighted by Crippen LogP contribution is 2.30. The van der Waals surface area contributed by atoms with Crippen molar-refractivity contribution in [2.75, 3.05) is 38.2 Å². The maximum absolute atomic E-state index is 13.5. The van der Waals surface area contributed by atoms with Crippen LogP contribution >= 0.6 is 11.3 Å². The molecule has 0 atom stereocenters. The molecule has 1 aromatic heterocycles. The Labute approximate surface area is 166 Å². The highest BCUT2D eigenvalue weighted by Gasteiger charge is 2.18. The number of ether oxygens (including phenoxy) is 1. The molecular weight excluding hydrogens is 377 g/mol. The minimum absolute atomic E-state index is 0.00589. The van der Waals surface area contributed by atoms with Gasteiger partial charge in [-0.25, -0.2) is 9.37 Å². The molecule has 1 fully saturated rings. The average molecular weight is 398 g/mol. The highest BCUT2D eigenvalue weighted by molar-refractivity contribution is 7.13. The molecule has 2 N–H and O–H groups in total. The molecule has 0 bridgehead atoms. The van der Waals surface area contributed by atoms with E-state index in [4.69, 9.17) is 4.74 Å². The molecule has 0 aliphatic carbocycles. The molecule has 5 nitrogen and oxygen atoms in total. The number of quaternary nitrogens is 1. The van der Waals surface area contributed by atoms with Crippen LogP contribution in [0.15, 0.2) is 53.9 Å². The fourth-order valence-electron chi connectivity index (χ4n) is 3.19. The molecule has 0 unspecified atom stereocenters. The van der Waals surface area contributed by atoms with Crippen molar-refractivity contribution in [3.05, 3.63) is 59.7 Å². The number of carbonyl (C=O) groups excluding carboxylic acids is 1. The molecule has 28 heavy (non-hydrogen) atoms. The van der Waals surface area contributed by atoms with Crippen LogP contribution in [0.5, 0.6) is 0 Å². The molecule has 0 radical (unpaired) electrons. The third-order valence-corrected chi connectivity index (χ3v) is 5.52.